The summed E-state index contributed by atoms with van der Waals surface area (Å²) in [6.07, 6.45) is 0.523. The highest BCUT2D eigenvalue weighted by molar-refractivity contribution is 7.10. The number of cyclic esters (lactones) is 1. The van der Waals surface area contributed by atoms with Crippen LogP contribution in [0, 0.1) is 6.92 Å². The molecule has 3 heteroatoms. The fourth-order valence-electron chi connectivity index (χ4n) is 2.41. The third kappa shape index (κ3) is 1.90. The van der Waals surface area contributed by atoms with Crippen LogP contribution in [0.15, 0.2) is 53.9 Å². The number of hydrogen-bond donors (Lipinski definition) is 0. The number of carbonyl (C=O) groups is 1. The molecule has 2 nitrogen and oxygen atoms in total. The van der Waals surface area contributed by atoms with Gasteiger partial charge < -0.3 is 4.74 Å². The van der Waals surface area contributed by atoms with E-state index in [0.717, 1.165) is 10.4 Å². The van der Waals surface area contributed by atoms with E-state index in [4.69, 9.17) is 4.74 Å². The maximum absolute atomic E-state index is 11.8. The molecule has 0 spiro atoms. The standard InChI is InChI=1S/C16H14O2S/c1-11-5-7-13(8-6-11)16(14-4-3-9-19-14)10-12(2)15(17)18-16/h3-9H,2,10H2,1H3. The van der Waals surface area contributed by atoms with Gasteiger partial charge in [0.25, 0.3) is 0 Å². The molecule has 3 rings (SSSR count). The third-order valence-electron chi connectivity index (χ3n) is 3.46. The highest BCUT2D eigenvalue weighted by Gasteiger charge is 2.46. The normalized spacial score (nSPS) is 22.6. The Morgan fingerprint density at radius 1 is 1.26 bits per heavy atom. The smallest absolute Gasteiger partial charge is 0.334 e. The van der Waals surface area contributed by atoms with E-state index in [0.29, 0.717) is 12.0 Å². The zero-order valence-electron chi connectivity index (χ0n) is 10.7. The number of benzene rings is 1. The number of ether oxygens (including phenoxy) is 1. The summed E-state index contributed by atoms with van der Waals surface area (Å²) in [6, 6.07) is 12.1. The van der Waals surface area contributed by atoms with E-state index >= 15 is 0 Å². The second kappa shape index (κ2) is 4.35. The van der Waals surface area contributed by atoms with Gasteiger partial charge in [-0.2, -0.15) is 0 Å². The highest BCUT2D eigenvalue weighted by atomic mass is 32.1. The minimum atomic E-state index is -0.684. The molecule has 1 aliphatic rings. The van der Waals surface area contributed by atoms with Crippen molar-refractivity contribution in [1.29, 1.82) is 0 Å². The van der Waals surface area contributed by atoms with E-state index < -0.39 is 5.60 Å². The third-order valence-corrected chi connectivity index (χ3v) is 4.47. The van der Waals surface area contributed by atoms with Crippen LogP contribution in [0.2, 0.25) is 0 Å². The van der Waals surface area contributed by atoms with Gasteiger partial charge in [-0.3, -0.25) is 0 Å². The summed E-state index contributed by atoms with van der Waals surface area (Å²) in [5, 5.41) is 2.00. The average molecular weight is 270 g/mol. The molecule has 19 heavy (non-hydrogen) atoms. The van der Waals surface area contributed by atoms with Crippen LogP contribution in [-0.2, 0) is 15.1 Å². The van der Waals surface area contributed by atoms with E-state index in [-0.39, 0.29) is 5.97 Å². The SMILES string of the molecule is C=C1CC(c2ccc(C)cc2)(c2cccs2)OC1=O. The van der Waals surface area contributed by atoms with Gasteiger partial charge in [0.15, 0.2) is 5.60 Å². The van der Waals surface area contributed by atoms with Crippen molar-refractivity contribution in [3.05, 3.63) is 69.9 Å². The molecular weight excluding hydrogens is 256 g/mol. The zero-order chi connectivity index (χ0) is 13.5. The molecule has 0 aliphatic carbocycles. The second-order valence-electron chi connectivity index (χ2n) is 4.84. The van der Waals surface area contributed by atoms with E-state index in [1.165, 1.54) is 5.56 Å². The molecule has 96 valence electrons. The summed E-state index contributed by atoms with van der Waals surface area (Å²) in [7, 11) is 0. The van der Waals surface area contributed by atoms with Gasteiger partial charge in [-0.25, -0.2) is 4.79 Å². The first-order chi connectivity index (χ1) is 9.12. The summed E-state index contributed by atoms with van der Waals surface area (Å²) >= 11 is 1.60. The van der Waals surface area contributed by atoms with Crippen molar-refractivity contribution in [3.8, 4) is 0 Å². The fourth-order valence-corrected chi connectivity index (χ4v) is 3.29. The quantitative estimate of drug-likeness (QED) is 0.613. The first-order valence-corrected chi connectivity index (χ1v) is 7.02. The molecular formula is C16H14O2S. The van der Waals surface area contributed by atoms with Crippen LogP contribution in [0.1, 0.15) is 22.4 Å². The number of rotatable bonds is 2. The molecule has 2 aromatic rings. The Labute approximate surface area is 116 Å². The molecule has 0 amide bonds. The van der Waals surface area contributed by atoms with Crippen molar-refractivity contribution in [2.75, 3.05) is 0 Å². The summed E-state index contributed by atoms with van der Waals surface area (Å²) in [4.78, 5) is 12.9. The molecule has 1 atom stereocenters. The Kier molecular flexibility index (Phi) is 2.79. The van der Waals surface area contributed by atoms with Crippen LogP contribution >= 0.6 is 11.3 Å². The lowest BCUT2D eigenvalue weighted by Gasteiger charge is -2.26. The Morgan fingerprint density at radius 3 is 2.53 bits per heavy atom. The van der Waals surface area contributed by atoms with Crippen molar-refractivity contribution < 1.29 is 9.53 Å². The lowest BCUT2D eigenvalue weighted by atomic mass is 9.88. The summed E-state index contributed by atoms with van der Waals surface area (Å²) < 4.78 is 5.70. The van der Waals surface area contributed by atoms with E-state index in [2.05, 4.69) is 6.58 Å². The fraction of sp³-hybridized carbons (Fsp3) is 0.188. The monoisotopic (exact) mass is 270 g/mol. The van der Waals surface area contributed by atoms with Crippen LogP contribution in [0.3, 0.4) is 0 Å². The minimum Gasteiger partial charge on any atom is -0.445 e. The van der Waals surface area contributed by atoms with Gasteiger partial charge in [-0.05, 0) is 18.4 Å². The minimum absolute atomic E-state index is 0.297. The van der Waals surface area contributed by atoms with E-state index in [1.54, 1.807) is 11.3 Å². The first kappa shape index (κ1) is 12.2. The predicted molar refractivity (Wildman–Crippen MR) is 76.1 cm³/mol. The molecule has 1 aliphatic heterocycles. The van der Waals surface area contributed by atoms with Crippen molar-refractivity contribution in [2.45, 2.75) is 18.9 Å². The molecule has 0 saturated carbocycles. The Bertz CT molecular complexity index is 607. The Balaban J connectivity index is 2.15. The highest BCUT2D eigenvalue weighted by Crippen LogP contribution is 2.46. The summed E-state index contributed by atoms with van der Waals surface area (Å²) in [6.45, 7) is 5.86. The van der Waals surface area contributed by atoms with Crippen LogP contribution in [0.25, 0.3) is 0 Å². The van der Waals surface area contributed by atoms with E-state index in [9.17, 15) is 4.79 Å². The largest absolute Gasteiger partial charge is 0.445 e. The van der Waals surface area contributed by atoms with Crippen LogP contribution in [-0.4, -0.2) is 5.97 Å². The summed E-state index contributed by atoms with van der Waals surface area (Å²) in [5.74, 6) is -0.297. The predicted octanol–water partition coefficient (Wildman–Crippen LogP) is 3.80. The van der Waals surface area contributed by atoms with Crippen molar-refractivity contribution in [1.82, 2.24) is 0 Å². The second-order valence-corrected chi connectivity index (χ2v) is 5.79. The maximum atomic E-state index is 11.8. The average Bonchev–Trinajstić information content (AvgIpc) is 3.00. The number of aryl methyl sites for hydroxylation is 1. The van der Waals surface area contributed by atoms with Crippen molar-refractivity contribution >= 4 is 17.3 Å². The lowest BCUT2D eigenvalue weighted by Crippen LogP contribution is -2.25. The molecule has 0 N–H and O–H groups in total. The molecule has 2 heterocycles. The molecule has 1 aromatic heterocycles. The Hall–Kier alpha value is -1.87. The first-order valence-electron chi connectivity index (χ1n) is 6.14. The number of esters is 1. The van der Waals surface area contributed by atoms with Gasteiger partial charge in [0.2, 0.25) is 0 Å². The number of hydrogen-bond acceptors (Lipinski definition) is 3. The van der Waals surface area contributed by atoms with Crippen LogP contribution < -0.4 is 0 Å². The number of thiophene rings is 1. The zero-order valence-corrected chi connectivity index (χ0v) is 11.5. The molecule has 0 bridgehead atoms. The van der Waals surface area contributed by atoms with Crippen molar-refractivity contribution in [2.24, 2.45) is 0 Å². The molecule has 1 fully saturated rings. The molecule has 1 unspecified atom stereocenters. The van der Waals surface area contributed by atoms with E-state index in [1.807, 2.05) is 48.7 Å². The maximum Gasteiger partial charge on any atom is 0.334 e. The van der Waals surface area contributed by atoms with Gasteiger partial charge in [0, 0.05) is 17.6 Å². The van der Waals surface area contributed by atoms with Crippen molar-refractivity contribution in [3.63, 3.8) is 0 Å². The van der Waals surface area contributed by atoms with Gasteiger partial charge in [0.05, 0.1) is 4.88 Å². The van der Waals surface area contributed by atoms with Gasteiger partial charge >= 0.3 is 5.97 Å². The molecule has 1 aromatic carbocycles. The molecule has 1 saturated heterocycles. The lowest BCUT2D eigenvalue weighted by molar-refractivity contribution is -0.143. The van der Waals surface area contributed by atoms with Crippen LogP contribution in [0.5, 0.6) is 0 Å². The number of carbonyl (C=O) groups excluding carboxylic acids is 1. The topological polar surface area (TPSA) is 26.3 Å². The molecule has 0 radical (unpaired) electrons. The Morgan fingerprint density at radius 2 is 2.00 bits per heavy atom. The van der Waals surface area contributed by atoms with Gasteiger partial charge in [0.1, 0.15) is 0 Å². The van der Waals surface area contributed by atoms with Gasteiger partial charge in [-0.1, -0.05) is 42.5 Å². The summed E-state index contributed by atoms with van der Waals surface area (Å²) in [5.41, 5.74) is 2.05. The van der Waals surface area contributed by atoms with Crippen LogP contribution in [0.4, 0.5) is 0 Å². The van der Waals surface area contributed by atoms with Gasteiger partial charge in [-0.15, -0.1) is 11.3 Å².